The molecule has 1 heteroatoms. The van der Waals surface area contributed by atoms with Gasteiger partial charge in [-0.05, 0) is 74.4 Å². The molecule has 0 unspecified atom stereocenters. The van der Waals surface area contributed by atoms with Crippen LogP contribution in [0.1, 0.15) is 33.4 Å². The normalized spacial score (nSPS) is 10.7. The Labute approximate surface area is 92.3 Å². The molecule has 0 aliphatic heterocycles. The number of alkyl halides is 1. The summed E-state index contributed by atoms with van der Waals surface area (Å²) in [5, 5.41) is 0. The van der Waals surface area contributed by atoms with Gasteiger partial charge in [-0.2, -0.15) is 0 Å². The first-order valence-corrected chi connectivity index (χ1v) is 5.66. The molecule has 78 valence electrons. The van der Waals surface area contributed by atoms with E-state index in [4.69, 9.17) is 11.6 Å². The van der Waals surface area contributed by atoms with Crippen molar-refractivity contribution in [2.75, 3.05) is 5.88 Å². The van der Waals surface area contributed by atoms with Gasteiger partial charge in [0, 0.05) is 5.88 Å². The lowest BCUT2D eigenvalue weighted by Gasteiger charge is -2.17. The Morgan fingerprint density at radius 3 is 1.43 bits per heavy atom. The highest BCUT2D eigenvalue weighted by molar-refractivity contribution is 6.18. The lowest BCUT2D eigenvalue weighted by atomic mass is 9.88. The smallest absolute Gasteiger partial charge is 0.0264 e. The molecule has 1 aromatic carbocycles. The van der Waals surface area contributed by atoms with E-state index in [-0.39, 0.29) is 0 Å². The van der Waals surface area contributed by atoms with E-state index in [1.165, 1.54) is 33.4 Å². The average Bonchev–Trinajstić information content (AvgIpc) is 2.19. The highest BCUT2D eigenvalue weighted by Gasteiger charge is 2.10. The Hall–Kier alpha value is -0.490. The van der Waals surface area contributed by atoms with Gasteiger partial charge in [-0.1, -0.05) is 0 Å². The lowest BCUT2D eigenvalue weighted by Crippen LogP contribution is -2.03. The van der Waals surface area contributed by atoms with E-state index in [1.807, 2.05) is 0 Å². The molecule has 0 fully saturated rings. The largest absolute Gasteiger partial charge is 0.126 e. The van der Waals surface area contributed by atoms with Crippen LogP contribution in [0.15, 0.2) is 0 Å². The lowest BCUT2D eigenvalue weighted by molar-refractivity contribution is 1.04. The predicted octanol–water partition coefficient (Wildman–Crippen LogP) is 4.01. The summed E-state index contributed by atoms with van der Waals surface area (Å²) >= 11 is 5.82. The minimum absolute atomic E-state index is 0.712. The summed E-state index contributed by atoms with van der Waals surface area (Å²) in [5.41, 5.74) is 8.57. The molecule has 0 aromatic heterocycles. The van der Waals surface area contributed by atoms with Gasteiger partial charge in [-0.3, -0.25) is 0 Å². The minimum atomic E-state index is 0.712. The SMILES string of the molecule is Cc1c(C)c(C)c(CCCl)c(C)c1C. The Balaban J connectivity index is 3.43. The maximum atomic E-state index is 5.82. The number of halogens is 1. The topological polar surface area (TPSA) is 0 Å². The van der Waals surface area contributed by atoms with E-state index in [2.05, 4.69) is 34.6 Å². The maximum absolute atomic E-state index is 5.82. The van der Waals surface area contributed by atoms with Crippen LogP contribution in [-0.4, -0.2) is 5.88 Å². The van der Waals surface area contributed by atoms with Gasteiger partial charge in [0.25, 0.3) is 0 Å². The molecule has 0 aliphatic rings. The fourth-order valence-electron chi connectivity index (χ4n) is 2.05. The summed E-state index contributed by atoms with van der Waals surface area (Å²) < 4.78 is 0. The average molecular weight is 211 g/mol. The second kappa shape index (κ2) is 4.35. The minimum Gasteiger partial charge on any atom is -0.126 e. The highest BCUT2D eigenvalue weighted by atomic mass is 35.5. The molecule has 0 saturated carbocycles. The van der Waals surface area contributed by atoms with E-state index < -0.39 is 0 Å². The third kappa shape index (κ3) is 1.81. The molecule has 0 aliphatic carbocycles. The zero-order valence-electron chi connectivity index (χ0n) is 9.79. The molecule has 0 N–H and O–H groups in total. The van der Waals surface area contributed by atoms with Crippen molar-refractivity contribution >= 4 is 11.6 Å². The van der Waals surface area contributed by atoms with Crippen molar-refractivity contribution < 1.29 is 0 Å². The monoisotopic (exact) mass is 210 g/mol. The molecule has 0 heterocycles. The van der Waals surface area contributed by atoms with Crippen LogP contribution in [0.2, 0.25) is 0 Å². The number of rotatable bonds is 2. The van der Waals surface area contributed by atoms with Gasteiger partial charge in [-0.25, -0.2) is 0 Å². The summed E-state index contributed by atoms with van der Waals surface area (Å²) in [6.45, 7) is 11.0. The quantitative estimate of drug-likeness (QED) is 0.648. The van der Waals surface area contributed by atoms with Gasteiger partial charge in [0.2, 0.25) is 0 Å². The van der Waals surface area contributed by atoms with Gasteiger partial charge in [0.05, 0.1) is 0 Å². The van der Waals surface area contributed by atoms with Crippen LogP contribution in [0.25, 0.3) is 0 Å². The molecule has 1 rings (SSSR count). The molecule has 14 heavy (non-hydrogen) atoms. The van der Waals surface area contributed by atoms with E-state index in [9.17, 15) is 0 Å². The van der Waals surface area contributed by atoms with Crippen LogP contribution < -0.4 is 0 Å². The van der Waals surface area contributed by atoms with Crippen molar-refractivity contribution in [3.8, 4) is 0 Å². The van der Waals surface area contributed by atoms with Crippen molar-refractivity contribution in [3.63, 3.8) is 0 Å². The molecule has 0 atom stereocenters. The fraction of sp³-hybridized carbons (Fsp3) is 0.538. The van der Waals surface area contributed by atoms with Gasteiger partial charge in [0.15, 0.2) is 0 Å². The first-order chi connectivity index (χ1) is 6.50. The molecule has 0 saturated heterocycles. The van der Waals surface area contributed by atoms with Crippen molar-refractivity contribution in [1.29, 1.82) is 0 Å². The summed E-state index contributed by atoms with van der Waals surface area (Å²) in [6.07, 6.45) is 0.987. The first kappa shape index (κ1) is 11.6. The summed E-state index contributed by atoms with van der Waals surface area (Å²) in [5.74, 6) is 0.712. The third-order valence-electron chi connectivity index (χ3n) is 3.50. The van der Waals surface area contributed by atoms with Crippen molar-refractivity contribution in [3.05, 3.63) is 33.4 Å². The van der Waals surface area contributed by atoms with E-state index >= 15 is 0 Å². The Bertz CT molecular complexity index is 322. The molecule has 1 aromatic rings. The molecule has 0 bridgehead atoms. The number of benzene rings is 1. The van der Waals surface area contributed by atoms with Crippen LogP contribution in [0.3, 0.4) is 0 Å². The first-order valence-electron chi connectivity index (χ1n) is 5.12. The number of hydrogen-bond donors (Lipinski definition) is 0. The molecule has 0 nitrogen and oxygen atoms in total. The summed E-state index contributed by atoms with van der Waals surface area (Å²) in [4.78, 5) is 0. The van der Waals surface area contributed by atoms with Gasteiger partial charge in [-0.15, -0.1) is 11.6 Å². The number of hydrogen-bond acceptors (Lipinski definition) is 0. The second-order valence-electron chi connectivity index (χ2n) is 4.04. The molecule has 0 amide bonds. The van der Waals surface area contributed by atoms with Gasteiger partial charge in [0.1, 0.15) is 0 Å². The third-order valence-corrected chi connectivity index (χ3v) is 3.69. The van der Waals surface area contributed by atoms with Crippen LogP contribution >= 0.6 is 11.6 Å². The van der Waals surface area contributed by atoms with Crippen LogP contribution in [-0.2, 0) is 6.42 Å². The predicted molar refractivity (Wildman–Crippen MR) is 64.6 cm³/mol. The second-order valence-corrected chi connectivity index (χ2v) is 4.42. The van der Waals surface area contributed by atoms with Crippen molar-refractivity contribution in [1.82, 2.24) is 0 Å². The maximum Gasteiger partial charge on any atom is 0.0264 e. The van der Waals surface area contributed by atoms with Crippen molar-refractivity contribution in [2.24, 2.45) is 0 Å². The zero-order chi connectivity index (χ0) is 10.9. The standard InChI is InChI=1S/C13H19Cl/c1-8-9(2)11(4)13(6-7-14)12(5)10(8)3/h6-7H2,1-5H3. The van der Waals surface area contributed by atoms with Crippen molar-refractivity contribution in [2.45, 2.75) is 41.0 Å². The highest BCUT2D eigenvalue weighted by Crippen LogP contribution is 2.26. The molecular weight excluding hydrogens is 192 g/mol. The Morgan fingerprint density at radius 1 is 0.714 bits per heavy atom. The zero-order valence-corrected chi connectivity index (χ0v) is 10.5. The molecular formula is C13H19Cl. The van der Waals surface area contributed by atoms with E-state index in [0.29, 0.717) is 5.88 Å². The summed E-state index contributed by atoms with van der Waals surface area (Å²) in [7, 11) is 0. The Kier molecular flexibility index (Phi) is 3.60. The van der Waals surface area contributed by atoms with E-state index in [0.717, 1.165) is 6.42 Å². The van der Waals surface area contributed by atoms with E-state index in [1.54, 1.807) is 0 Å². The van der Waals surface area contributed by atoms with Gasteiger partial charge < -0.3 is 0 Å². The Morgan fingerprint density at radius 2 is 1.07 bits per heavy atom. The molecule has 0 radical (unpaired) electrons. The molecule has 0 spiro atoms. The van der Waals surface area contributed by atoms with Crippen LogP contribution in [0, 0.1) is 34.6 Å². The van der Waals surface area contributed by atoms with Gasteiger partial charge >= 0.3 is 0 Å². The van der Waals surface area contributed by atoms with Crippen LogP contribution in [0.5, 0.6) is 0 Å². The fourth-order valence-corrected chi connectivity index (χ4v) is 2.24. The summed E-state index contributed by atoms with van der Waals surface area (Å²) in [6, 6.07) is 0. The van der Waals surface area contributed by atoms with Crippen LogP contribution in [0.4, 0.5) is 0 Å².